The Hall–Kier alpha value is -0.700. The Morgan fingerprint density at radius 2 is 2.00 bits per heavy atom. The normalized spacial score (nSPS) is 19.2. The van der Waals surface area contributed by atoms with Crippen molar-refractivity contribution in [3.63, 3.8) is 0 Å². The minimum Gasteiger partial charge on any atom is -0.396 e. The number of para-hydroxylation sites is 1. The van der Waals surface area contributed by atoms with E-state index in [2.05, 4.69) is 40.7 Å². The van der Waals surface area contributed by atoms with E-state index in [1.807, 2.05) is 12.1 Å². The molecule has 1 fully saturated rings. The van der Waals surface area contributed by atoms with E-state index in [0.717, 1.165) is 28.9 Å². The smallest absolute Gasteiger partial charge is 0.0696 e. The first-order valence-electron chi connectivity index (χ1n) is 4.78. The van der Waals surface area contributed by atoms with Crippen LogP contribution in [0.2, 0.25) is 0 Å². The van der Waals surface area contributed by atoms with Gasteiger partial charge < -0.3 is 10.6 Å². The molecule has 0 amide bonds. The van der Waals surface area contributed by atoms with Crippen molar-refractivity contribution in [2.45, 2.75) is 13.8 Å². The highest BCUT2D eigenvalue weighted by Gasteiger charge is 2.34. The summed E-state index contributed by atoms with van der Waals surface area (Å²) in [6.45, 7) is 6.73. The maximum absolute atomic E-state index is 5.99. The number of hydrogen-bond donors (Lipinski definition) is 1. The van der Waals surface area contributed by atoms with E-state index in [1.54, 1.807) is 0 Å². The highest BCUT2D eigenvalue weighted by Crippen LogP contribution is 2.38. The molecule has 1 aliphatic heterocycles. The fourth-order valence-corrected chi connectivity index (χ4v) is 2.31. The monoisotopic (exact) mass is 254 g/mol. The summed E-state index contributed by atoms with van der Waals surface area (Å²) < 4.78 is 0.986. The van der Waals surface area contributed by atoms with Crippen LogP contribution in [0.5, 0.6) is 0 Å². The Labute approximate surface area is 93.2 Å². The van der Waals surface area contributed by atoms with Crippen LogP contribution in [0.4, 0.5) is 11.4 Å². The van der Waals surface area contributed by atoms with Crippen LogP contribution in [-0.4, -0.2) is 13.1 Å². The van der Waals surface area contributed by atoms with E-state index in [-0.39, 0.29) is 0 Å². The van der Waals surface area contributed by atoms with E-state index >= 15 is 0 Å². The summed E-state index contributed by atoms with van der Waals surface area (Å²) in [5.74, 6) is 0. The van der Waals surface area contributed by atoms with Crippen LogP contribution >= 0.6 is 15.9 Å². The van der Waals surface area contributed by atoms with Crippen LogP contribution in [0.1, 0.15) is 13.8 Å². The number of nitrogens with two attached hydrogens (primary N) is 1. The quantitative estimate of drug-likeness (QED) is 0.782. The molecule has 76 valence electrons. The van der Waals surface area contributed by atoms with Gasteiger partial charge >= 0.3 is 0 Å². The number of hydrogen-bond acceptors (Lipinski definition) is 2. The van der Waals surface area contributed by atoms with Crippen molar-refractivity contribution in [2.24, 2.45) is 5.41 Å². The van der Waals surface area contributed by atoms with Crippen LogP contribution in [0, 0.1) is 5.41 Å². The van der Waals surface area contributed by atoms with Crippen LogP contribution in [0.15, 0.2) is 22.7 Å². The van der Waals surface area contributed by atoms with Crippen molar-refractivity contribution < 1.29 is 0 Å². The van der Waals surface area contributed by atoms with Crippen molar-refractivity contribution in [1.82, 2.24) is 0 Å². The molecular formula is C11H15BrN2. The van der Waals surface area contributed by atoms with Crippen LogP contribution < -0.4 is 10.6 Å². The summed E-state index contributed by atoms with van der Waals surface area (Å²) in [6, 6.07) is 6.08. The van der Waals surface area contributed by atoms with Gasteiger partial charge in [0, 0.05) is 17.6 Å². The average molecular weight is 255 g/mol. The van der Waals surface area contributed by atoms with Gasteiger partial charge in [0.15, 0.2) is 0 Å². The fraction of sp³-hybridized carbons (Fsp3) is 0.455. The second-order valence-corrected chi connectivity index (χ2v) is 5.55. The van der Waals surface area contributed by atoms with E-state index in [9.17, 15) is 0 Å². The number of rotatable bonds is 1. The number of anilines is 2. The third-order valence-electron chi connectivity index (χ3n) is 2.61. The van der Waals surface area contributed by atoms with Gasteiger partial charge in [-0.2, -0.15) is 0 Å². The van der Waals surface area contributed by atoms with Crippen LogP contribution in [-0.2, 0) is 0 Å². The first kappa shape index (κ1) is 9.84. The number of nitrogen functional groups attached to an aromatic ring is 1. The molecular weight excluding hydrogens is 240 g/mol. The molecule has 2 N–H and O–H groups in total. The Bertz CT molecular complexity index is 352. The number of nitrogens with zero attached hydrogens (tertiary/aromatic N) is 1. The van der Waals surface area contributed by atoms with Gasteiger partial charge in [0.1, 0.15) is 0 Å². The van der Waals surface area contributed by atoms with Crippen molar-refractivity contribution in [1.29, 1.82) is 0 Å². The maximum atomic E-state index is 5.99. The third-order valence-corrected chi connectivity index (χ3v) is 3.30. The zero-order valence-electron chi connectivity index (χ0n) is 8.55. The van der Waals surface area contributed by atoms with E-state index in [0.29, 0.717) is 5.41 Å². The van der Waals surface area contributed by atoms with E-state index in [4.69, 9.17) is 5.73 Å². The molecule has 1 heterocycles. The topological polar surface area (TPSA) is 29.3 Å². The van der Waals surface area contributed by atoms with Crippen molar-refractivity contribution in [3.8, 4) is 0 Å². The molecule has 2 rings (SSSR count). The molecule has 14 heavy (non-hydrogen) atoms. The largest absolute Gasteiger partial charge is 0.396 e. The summed E-state index contributed by atoms with van der Waals surface area (Å²) in [4.78, 5) is 2.32. The second-order valence-electron chi connectivity index (χ2n) is 4.69. The van der Waals surface area contributed by atoms with Crippen molar-refractivity contribution >= 4 is 27.3 Å². The van der Waals surface area contributed by atoms with Gasteiger partial charge in [-0.25, -0.2) is 0 Å². The van der Waals surface area contributed by atoms with Gasteiger partial charge in [-0.15, -0.1) is 0 Å². The van der Waals surface area contributed by atoms with Gasteiger partial charge in [0.05, 0.1) is 11.4 Å². The molecule has 1 saturated heterocycles. The molecule has 0 bridgehead atoms. The third kappa shape index (κ3) is 1.61. The van der Waals surface area contributed by atoms with Crippen LogP contribution in [0.3, 0.4) is 0 Å². The van der Waals surface area contributed by atoms with E-state index < -0.39 is 0 Å². The Morgan fingerprint density at radius 3 is 2.57 bits per heavy atom. The predicted molar refractivity (Wildman–Crippen MR) is 64.5 cm³/mol. The van der Waals surface area contributed by atoms with Gasteiger partial charge in [0.2, 0.25) is 0 Å². The molecule has 0 radical (unpaired) electrons. The Balaban J connectivity index is 2.23. The van der Waals surface area contributed by atoms with Gasteiger partial charge in [-0.3, -0.25) is 0 Å². The van der Waals surface area contributed by atoms with Crippen molar-refractivity contribution in [2.75, 3.05) is 23.7 Å². The summed E-state index contributed by atoms with van der Waals surface area (Å²) in [7, 11) is 0. The molecule has 0 unspecified atom stereocenters. The molecule has 0 aromatic heterocycles. The molecule has 0 aliphatic carbocycles. The highest BCUT2D eigenvalue weighted by molar-refractivity contribution is 9.10. The fourth-order valence-electron chi connectivity index (χ4n) is 1.96. The summed E-state index contributed by atoms with van der Waals surface area (Å²) in [5, 5.41) is 0. The lowest BCUT2D eigenvalue weighted by atomic mass is 9.84. The Kier molecular flexibility index (Phi) is 2.22. The standard InChI is InChI=1S/C11H15BrN2/c1-11(2)6-14(7-11)9-5-3-4-8(12)10(9)13/h3-5H,6-7,13H2,1-2H3. The molecule has 1 aromatic rings. The molecule has 2 nitrogen and oxygen atoms in total. The van der Waals surface area contributed by atoms with Gasteiger partial charge in [-0.05, 0) is 33.5 Å². The van der Waals surface area contributed by atoms with E-state index in [1.165, 1.54) is 0 Å². The molecule has 3 heteroatoms. The summed E-state index contributed by atoms with van der Waals surface area (Å²) in [5.41, 5.74) is 8.43. The number of benzene rings is 1. The average Bonchev–Trinajstić information content (AvgIpc) is 2.06. The van der Waals surface area contributed by atoms with Crippen LogP contribution in [0.25, 0.3) is 0 Å². The van der Waals surface area contributed by atoms with Gasteiger partial charge in [0.25, 0.3) is 0 Å². The van der Waals surface area contributed by atoms with Gasteiger partial charge in [-0.1, -0.05) is 19.9 Å². The maximum Gasteiger partial charge on any atom is 0.0696 e. The zero-order valence-corrected chi connectivity index (χ0v) is 10.1. The van der Waals surface area contributed by atoms with Crippen molar-refractivity contribution in [3.05, 3.63) is 22.7 Å². The lowest BCUT2D eigenvalue weighted by Gasteiger charge is -2.47. The minimum absolute atomic E-state index is 0.439. The molecule has 0 spiro atoms. The second kappa shape index (κ2) is 3.16. The predicted octanol–water partition coefficient (Wildman–Crippen LogP) is 2.88. The SMILES string of the molecule is CC1(C)CN(c2cccc(Br)c2N)C1. The highest BCUT2D eigenvalue weighted by atomic mass is 79.9. The summed E-state index contributed by atoms with van der Waals surface area (Å²) in [6.07, 6.45) is 0. The first-order chi connectivity index (χ1) is 6.49. The zero-order chi connectivity index (χ0) is 10.3. The molecule has 0 atom stereocenters. The molecule has 1 aromatic carbocycles. The minimum atomic E-state index is 0.439. The number of halogens is 1. The summed E-state index contributed by atoms with van der Waals surface area (Å²) >= 11 is 3.44. The molecule has 0 saturated carbocycles. The first-order valence-corrected chi connectivity index (χ1v) is 5.58. The molecule has 1 aliphatic rings. The lowest BCUT2D eigenvalue weighted by molar-refractivity contribution is 0.277. The lowest BCUT2D eigenvalue weighted by Crippen LogP contribution is -2.53. The Morgan fingerprint density at radius 1 is 1.36 bits per heavy atom.